The van der Waals surface area contributed by atoms with Crippen molar-refractivity contribution < 1.29 is 9.53 Å². The third-order valence-corrected chi connectivity index (χ3v) is 5.59. The van der Waals surface area contributed by atoms with Crippen LogP contribution >= 0.6 is 11.3 Å². The molecular formula is C20H21N3O2S. The fourth-order valence-electron chi connectivity index (χ4n) is 3.28. The Bertz CT molecular complexity index is 958. The van der Waals surface area contributed by atoms with Gasteiger partial charge in [0.1, 0.15) is 12.4 Å². The van der Waals surface area contributed by atoms with E-state index in [9.17, 15) is 4.79 Å². The summed E-state index contributed by atoms with van der Waals surface area (Å²) in [5, 5.41) is 9.12. The molecule has 2 aromatic heterocycles. The topological polar surface area (TPSA) is 56.2 Å². The molecule has 0 atom stereocenters. The van der Waals surface area contributed by atoms with Crippen molar-refractivity contribution >= 4 is 22.9 Å². The number of ether oxygens (including phenoxy) is 1. The largest absolute Gasteiger partial charge is 0.489 e. The SMILES string of the molecule is Cc1nn(C)cc1NC(=O)c1cc(COc2ccc3c(c2)CCC3)cs1. The molecule has 0 bridgehead atoms. The number of carbonyl (C=O) groups excluding carboxylic acids is 1. The second-order valence-electron chi connectivity index (χ2n) is 6.65. The molecule has 3 aromatic rings. The first-order chi connectivity index (χ1) is 12.6. The Labute approximate surface area is 156 Å². The van der Waals surface area contributed by atoms with Gasteiger partial charge in [-0.1, -0.05) is 6.07 Å². The first-order valence-corrected chi connectivity index (χ1v) is 9.60. The summed E-state index contributed by atoms with van der Waals surface area (Å²) >= 11 is 1.43. The number of rotatable bonds is 5. The lowest BCUT2D eigenvalue weighted by atomic mass is 10.1. The van der Waals surface area contributed by atoms with Crippen LogP contribution in [-0.2, 0) is 26.5 Å². The molecule has 0 radical (unpaired) electrons. The van der Waals surface area contributed by atoms with Crippen LogP contribution in [0.15, 0.2) is 35.8 Å². The van der Waals surface area contributed by atoms with Gasteiger partial charge >= 0.3 is 0 Å². The summed E-state index contributed by atoms with van der Waals surface area (Å²) in [6.07, 6.45) is 5.36. The second-order valence-corrected chi connectivity index (χ2v) is 7.56. The zero-order valence-electron chi connectivity index (χ0n) is 14.9. The average Bonchev–Trinajstić information content (AvgIpc) is 3.33. The predicted octanol–water partition coefficient (Wildman–Crippen LogP) is 4.11. The third kappa shape index (κ3) is 3.51. The number of nitrogens with zero attached hydrogens (tertiary/aromatic N) is 2. The number of benzene rings is 1. The molecular weight excluding hydrogens is 346 g/mol. The van der Waals surface area contributed by atoms with Crippen molar-refractivity contribution in [3.8, 4) is 5.75 Å². The van der Waals surface area contributed by atoms with Crippen LogP contribution < -0.4 is 10.1 Å². The maximum Gasteiger partial charge on any atom is 0.265 e. The molecule has 1 aliphatic rings. The highest BCUT2D eigenvalue weighted by Gasteiger charge is 2.14. The maximum atomic E-state index is 12.4. The van der Waals surface area contributed by atoms with Crippen molar-refractivity contribution in [2.45, 2.75) is 32.8 Å². The fourth-order valence-corrected chi connectivity index (χ4v) is 4.07. The number of anilines is 1. The number of aryl methyl sites for hydroxylation is 4. The van der Waals surface area contributed by atoms with Crippen molar-refractivity contribution in [1.29, 1.82) is 0 Å². The van der Waals surface area contributed by atoms with Crippen molar-refractivity contribution in [2.24, 2.45) is 7.05 Å². The number of hydrogen-bond donors (Lipinski definition) is 1. The molecule has 1 aromatic carbocycles. The first-order valence-electron chi connectivity index (χ1n) is 8.72. The van der Waals surface area contributed by atoms with E-state index in [0.29, 0.717) is 11.5 Å². The number of aromatic nitrogens is 2. The van der Waals surface area contributed by atoms with E-state index in [4.69, 9.17) is 4.74 Å². The van der Waals surface area contributed by atoms with Gasteiger partial charge in [0.2, 0.25) is 0 Å². The summed E-state index contributed by atoms with van der Waals surface area (Å²) in [6, 6.07) is 8.24. The molecule has 2 heterocycles. The molecule has 4 rings (SSSR count). The van der Waals surface area contributed by atoms with Crippen LogP contribution in [0, 0.1) is 6.92 Å². The van der Waals surface area contributed by atoms with E-state index in [-0.39, 0.29) is 5.91 Å². The van der Waals surface area contributed by atoms with E-state index in [1.807, 2.05) is 31.5 Å². The first kappa shape index (κ1) is 16.8. The van der Waals surface area contributed by atoms with Crippen molar-refractivity contribution in [2.75, 3.05) is 5.32 Å². The lowest BCUT2D eigenvalue weighted by molar-refractivity contribution is 0.103. The number of hydrogen-bond acceptors (Lipinski definition) is 4. The average molecular weight is 367 g/mol. The fraction of sp³-hybridized carbons (Fsp3) is 0.300. The molecule has 0 saturated carbocycles. The minimum Gasteiger partial charge on any atom is -0.489 e. The van der Waals surface area contributed by atoms with Gasteiger partial charge in [-0.15, -0.1) is 11.3 Å². The van der Waals surface area contributed by atoms with E-state index < -0.39 is 0 Å². The summed E-state index contributed by atoms with van der Waals surface area (Å²) in [4.78, 5) is 13.1. The Hall–Kier alpha value is -2.60. The van der Waals surface area contributed by atoms with E-state index in [1.54, 1.807) is 10.9 Å². The monoisotopic (exact) mass is 367 g/mol. The van der Waals surface area contributed by atoms with Gasteiger partial charge in [-0.05, 0) is 60.9 Å². The number of fused-ring (bicyclic) bond motifs is 1. The lowest BCUT2D eigenvalue weighted by Crippen LogP contribution is -2.10. The van der Waals surface area contributed by atoms with Gasteiger partial charge in [-0.25, -0.2) is 0 Å². The second kappa shape index (κ2) is 6.96. The molecule has 1 amide bonds. The number of nitrogens with one attached hydrogen (secondary N) is 1. The van der Waals surface area contributed by atoms with Crippen LogP contribution in [0.5, 0.6) is 5.75 Å². The molecule has 0 spiro atoms. The van der Waals surface area contributed by atoms with Gasteiger partial charge in [0.15, 0.2) is 0 Å². The summed E-state index contributed by atoms with van der Waals surface area (Å²) in [5.41, 5.74) is 5.39. The Balaban J connectivity index is 1.38. The van der Waals surface area contributed by atoms with Gasteiger partial charge in [0.25, 0.3) is 5.91 Å². The van der Waals surface area contributed by atoms with Crippen LogP contribution in [0.4, 0.5) is 5.69 Å². The summed E-state index contributed by atoms with van der Waals surface area (Å²) < 4.78 is 7.60. The Morgan fingerprint density at radius 1 is 1.31 bits per heavy atom. The highest BCUT2D eigenvalue weighted by atomic mass is 32.1. The Kier molecular flexibility index (Phi) is 4.51. The smallest absolute Gasteiger partial charge is 0.265 e. The summed E-state index contributed by atoms with van der Waals surface area (Å²) in [5.74, 6) is 0.781. The maximum absolute atomic E-state index is 12.4. The van der Waals surface area contributed by atoms with Crippen molar-refractivity contribution in [3.05, 3.63) is 63.1 Å². The summed E-state index contributed by atoms with van der Waals surface area (Å²) in [7, 11) is 1.84. The van der Waals surface area contributed by atoms with Gasteiger partial charge in [0, 0.05) is 18.8 Å². The molecule has 0 aliphatic heterocycles. The number of amides is 1. The van der Waals surface area contributed by atoms with E-state index in [0.717, 1.165) is 29.1 Å². The third-order valence-electron chi connectivity index (χ3n) is 4.61. The molecule has 134 valence electrons. The van der Waals surface area contributed by atoms with Crippen LogP contribution in [0.25, 0.3) is 0 Å². The van der Waals surface area contributed by atoms with Crippen LogP contribution in [-0.4, -0.2) is 15.7 Å². The molecule has 1 N–H and O–H groups in total. The van der Waals surface area contributed by atoms with Crippen molar-refractivity contribution in [1.82, 2.24) is 9.78 Å². The number of thiophene rings is 1. The molecule has 6 heteroatoms. The van der Waals surface area contributed by atoms with E-state index in [1.165, 1.54) is 35.3 Å². The molecule has 0 saturated heterocycles. The van der Waals surface area contributed by atoms with Gasteiger partial charge in [-0.3, -0.25) is 9.48 Å². The minimum atomic E-state index is -0.116. The molecule has 5 nitrogen and oxygen atoms in total. The molecule has 0 unspecified atom stereocenters. The summed E-state index contributed by atoms with van der Waals surface area (Å²) in [6.45, 7) is 2.34. The molecule has 1 aliphatic carbocycles. The number of carbonyl (C=O) groups is 1. The van der Waals surface area contributed by atoms with Crippen LogP contribution in [0.1, 0.15) is 38.5 Å². The normalized spacial score (nSPS) is 12.8. The highest BCUT2D eigenvalue weighted by Crippen LogP contribution is 2.27. The quantitative estimate of drug-likeness (QED) is 0.738. The van der Waals surface area contributed by atoms with Gasteiger partial charge < -0.3 is 10.1 Å². The van der Waals surface area contributed by atoms with Crippen LogP contribution in [0.3, 0.4) is 0 Å². The minimum absolute atomic E-state index is 0.116. The standard InChI is InChI=1S/C20H21N3O2S/c1-13-18(10-23(2)22-13)21-20(24)19-8-14(12-26-19)11-25-17-7-6-15-4-3-5-16(15)9-17/h6-10,12H,3-5,11H2,1-2H3,(H,21,24). The van der Waals surface area contributed by atoms with E-state index in [2.05, 4.69) is 22.5 Å². The predicted molar refractivity (Wildman–Crippen MR) is 103 cm³/mol. The Morgan fingerprint density at radius 3 is 2.96 bits per heavy atom. The van der Waals surface area contributed by atoms with E-state index >= 15 is 0 Å². The molecule has 26 heavy (non-hydrogen) atoms. The van der Waals surface area contributed by atoms with Gasteiger partial charge in [0.05, 0.1) is 16.3 Å². The highest BCUT2D eigenvalue weighted by molar-refractivity contribution is 7.12. The zero-order valence-corrected chi connectivity index (χ0v) is 15.7. The van der Waals surface area contributed by atoms with Crippen molar-refractivity contribution in [3.63, 3.8) is 0 Å². The van der Waals surface area contributed by atoms with Gasteiger partial charge in [-0.2, -0.15) is 5.10 Å². The zero-order chi connectivity index (χ0) is 18.1. The Morgan fingerprint density at radius 2 is 2.15 bits per heavy atom. The van der Waals surface area contributed by atoms with Crippen LogP contribution in [0.2, 0.25) is 0 Å². The lowest BCUT2D eigenvalue weighted by Gasteiger charge is -2.07. The molecule has 0 fully saturated rings.